The van der Waals surface area contributed by atoms with Gasteiger partial charge in [-0.3, -0.25) is 9.78 Å². The summed E-state index contributed by atoms with van der Waals surface area (Å²) < 4.78 is 0. The molecule has 0 radical (unpaired) electrons. The van der Waals surface area contributed by atoms with Crippen LogP contribution in [0.3, 0.4) is 0 Å². The second kappa shape index (κ2) is 6.31. The molecule has 0 saturated carbocycles. The lowest BCUT2D eigenvalue weighted by Gasteiger charge is -2.14. The number of carbonyl (C=O) groups is 1. The van der Waals surface area contributed by atoms with E-state index in [9.17, 15) is 4.79 Å². The van der Waals surface area contributed by atoms with E-state index in [1.165, 1.54) is 12.4 Å². The number of carbonyl (C=O) groups excluding carboxylic acids is 1. The Labute approximate surface area is 121 Å². The van der Waals surface area contributed by atoms with Crippen molar-refractivity contribution in [3.8, 4) is 0 Å². The number of hydrogen-bond donors (Lipinski definition) is 3. The lowest BCUT2D eigenvalue weighted by atomic mass is 10.1. The number of anilines is 1. The normalized spacial score (nSPS) is 11.8. The van der Waals surface area contributed by atoms with Crippen molar-refractivity contribution < 1.29 is 4.79 Å². The third-order valence-corrected chi connectivity index (χ3v) is 2.98. The molecule has 2 rings (SSSR count). The van der Waals surface area contributed by atoms with Crippen molar-refractivity contribution in [1.82, 2.24) is 15.3 Å². The fourth-order valence-corrected chi connectivity index (χ4v) is 1.78. The van der Waals surface area contributed by atoms with Crippen molar-refractivity contribution in [1.29, 1.82) is 0 Å². The van der Waals surface area contributed by atoms with Crippen molar-refractivity contribution in [3.63, 3.8) is 0 Å². The lowest BCUT2D eigenvalue weighted by Crippen LogP contribution is -2.28. The predicted molar refractivity (Wildman–Crippen MR) is 77.2 cm³/mol. The largest absolute Gasteiger partial charge is 0.344 e. The molecule has 2 aromatic rings. The van der Waals surface area contributed by atoms with Gasteiger partial charge in [0.2, 0.25) is 0 Å². The Morgan fingerprint density at radius 3 is 2.65 bits per heavy atom. The van der Waals surface area contributed by atoms with Gasteiger partial charge >= 0.3 is 0 Å². The average Bonchev–Trinajstić information content (AvgIpc) is 2.47. The first-order valence-electron chi connectivity index (χ1n) is 5.95. The van der Waals surface area contributed by atoms with E-state index in [0.717, 1.165) is 5.56 Å². The maximum Gasteiger partial charge on any atom is 0.272 e. The zero-order chi connectivity index (χ0) is 14.5. The molecule has 7 heteroatoms. The quantitative estimate of drug-likeness (QED) is 0.591. The third kappa shape index (κ3) is 3.43. The number of hydrazine groups is 1. The molecule has 1 unspecified atom stereocenters. The number of nitrogens with one attached hydrogen (secondary N) is 2. The fraction of sp³-hybridized carbons (Fsp3) is 0.154. The summed E-state index contributed by atoms with van der Waals surface area (Å²) in [6.45, 7) is 1.87. The van der Waals surface area contributed by atoms with Crippen molar-refractivity contribution >= 4 is 23.3 Å². The molecule has 1 atom stereocenters. The van der Waals surface area contributed by atoms with E-state index in [1.54, 1.807) is 12.1 Å². The Kier molecular flexibility index (Phi) is 4.49. The van der Waals surface area contributed by atoms with Gasteiger partial charge in [0.05, 0.1) is 18.4 Å². The van der Waals surface area contributed by atoms with E-state index in [1.807, 2.05) is 19.1 Å². The molecule has 4 N–H and O–H groups in total. The molecule has 0 spiro atoms. The van der Waals surface area contributed by atoms with Gasteiger partial charge in [0.15, 0.2) is 5.82 Å². The summed E-state index contributed by atoms with van der Waals surface area (Å²) in [4.78, 5) is 20.0. The second-order valence-electron chi connectivity index (χ2n) is 4.18. The number of benzene rings is 1. The zero-order valence-corrected chi connectivity index (χ0v) is 11.6. The fourth-order valence-electron chi connectivity index (χ4n) is 1.65. The van der Waals surface area contributed by atoms with Gasteiger partial charge in [0, 0.05) is 5.02 Å². The minimum Gasteiger partial charge on any atom is -0.344 e. The number of halogens is 1. The summed E-state index contributed by atoms with van der Waals surface area (Å²) in [6, 6.07) is 7.10. The first kappa shape index (κ1) is 14.2. The minimum atomic E-state index is -0.322. The molecule has 1 aromatic heterocycles. The topological polar surface area (TPSA) is 92.9 Å². The second-order valence-corrected chi connectivity index (χ2v) is 4.62. The third-order valence-electron chi connectivity index (χ3n) is 2.73. The summed E-state index contributed by atoms with van der Waals surface area (Å²) in [5.41, 5.74) is 3.49. The molecule has 0 aliphatic rings. The number of aromatic nitrogens is 2. The van der Waals surface area contributed by atoms with E-state index in [4.69, 9.17) is 17.4 Å². The van der Waals surface area contributed by atoms with Crippen LogP contribution in [0, 0.1) is 0 Å². The van der Waals surface area contributed by atoms with Crippen LogP contribution < -0.4 is 16.6 Å². The molecule has 0 saturated heterocycles. The van der Waals surface area contributed by atoms with E-state index in [-0.39, 0.29) is 17.6 Å². The van der Waals surface area contributed by atoms with E-state index >= 15 is 0 Å². The Hall–Kier alpha value is -2.18. The van der Waals surface area contributed by atoms with Gasteiger partial charge in [-0.05, 0) is 24.6 Å². The Morgan fingerprint density at radius 1 is 1.30 bits per heavy atom. The zero-order valence-electron chi connectivity index (χ0n) is 10.8. The summed E-state index contributed by atoms with van der Waals surface area (Å²) in [7, 11) is 0. The number of nitrogens with zero attached hydrogens (tertiary/aromatic N) is 2. The number of amides is 1. The minimum absolute atomic E-state index is 0.170. The van der Waals surface area contributed by atoms with Crippen LogP contribution in [0.2, 0.25) is 5.02 Å². The lowest BCUT2D eigenvalue weighted by molar-refractivity contribution is 0.0934. The highest BCUT2D eigenvalue weighted by atomic mass is 35.5. The molecular formula is C13H14ClN5O. The van der Waals surface area contributed by atoms with Crippen LogP contribution >= 0.6 is 11.6 Å². The van der Waals surface area contributed by atoms with E-state index in [2.05, 4.69) is 20.7 Å². The molecule has 0 bridgehead atoms. The number of nitrogen functional groups attached to an aromatic ring is 1. The highest BCUT2D eigenvalue weighted by molar-refractivity contribution is 6.30. The Balaban J connectivity index is 2.08. The van der Waals surface area contributed by atoms with Gasteiger partial charge < -0.3 is 10.7 Å². The Morgan fingerprint density at radius 2 is 2.00 bits per heavy atom. The monoisotopic (exact) mass is 291 g/mol. The summed E-state index contributed by atoms with van der Waals surface area (Å²) in [6.07, 6.45) is 2.81. The van der Waals surface area contributed by atoms with Gasteiger partial charge in [0.25, 0.3) is 5.91 Å². The van der Waals surface area contributed by atoms with Crippen LogP contribution in [0.4, 0.5) is 5.82 Å². The molecule has 1 amide bonds. The van der Waals surface area contributed by atoms with Gasteiger partial charge in [-0.25, -0.2) is 10.8 Å². The van der Waals surface area contributed by atoms with Gasteiger partial charge in [-0.2, -0.15) is 0 Å². The van der Waals surface area contributed by atoms with Crippen molar-refractivity contribution in [2.75, 3.05) is 5.43 Å². The van der Waals surface area contributed by atoms with Gasteiger partial charge in [-0.15, -0.1) is 0 Å². The maximum absolute atomic E-state index is 12.1. The molecule has 20 heavy (non-hydrogen) atoms. The van der Waals surface area contributed by atoms with E-state index in [0.29, 0.717) is 10.8 Å². The van der Waals surface area contributed by atoms with Crippen LogP contribution in [0.1, 0.15) is 29.0 Å². The van der Waals surface area contributed by atoms with Crippen LogP contribution in [0.15, 0.2) is 36.7 Å². The molecule has 0 aliphatic heterocycles. The first-order chi connectivity index (χ1) is 9.60. The van der Waals surface area contributed by atoms with Gasteiger partial charge in [-0.1, -0.05) is 23.7 Å². The molecule has 1 heterocycles. The number of hydrogen-bond acceptors (Lipinski definition) is 5. The van der Waals surface area contributed by atoms with Crippen molar-refractivity contribution in [2.24, 2.45) is 5.84 Å². The maximum atomic E-state index is 12.1. The smallest absolute Gasteiger partial charge is 0.272 e. The number of nitrogens with two attached hydrogens (primary N) is 1. The average molecular weight is 292 g/mol. The standard InChI is InChI=1S/C13H14ClN5O/c1-8(9-2-4-10(14)5-3-9)17-13(20)11-6-16-7-12(18-11)19-15/h2-8H,15H2,1H3,(H,17,20)(H,18,19). The molecule has 1 aromatic carbocycles. The summed E-state index contributed by atoms with van der Waals surface area (Å²) >= 11 is 5.83. The molecule has 6 nitrogen and oxygen atoms in total. The van der Waals surface area contributed by atoms with Crippen LogP contribution in [0.25, 0.3) is 0 Å². The molecular weight excluding hydrogens is 278 g/mol. The highest BCUT2D eigenvalue weighted by Gasteiger charge is 2.13. The van der Waals surface area contributed by atoms with Crippen molar-refractivity contribution in [3.05, 3.63) is 52.9 Å². The highest BCUT2D eigenvalue weighted by Crippen LogP contribution is 2.16. The van der Waals surface area contributed by atoms with Crippen LogP contribution in [0.5, 0.6) is 0 Å². The summed E-state index contributed by atoms with van der Waals surface area (Å²) in [5, 5.41) is 3.48. The first-order valence-corrected chi connectivity index (χ1v) is 6.33. The van der Waals surface area contributed by atoms with Gasteiger partial charge in [0.1, 0.15) is 5.69 Å². The SMILES string of the molecule is CC(NC(=O)c1cncc(NN)n1)c1ccc(Cl)cc1. The van der Waals surface area contributed by atoms with Crippen molar-refractivity contribution in [2.45, 2.75) is 13.0 Å². The van der Waals surface area contributed by atoms with Crippen LogP contribution in [-0.4, -0.2) is 15.9 Å². The number of rotatable bonds is 4. The predicted octanol–water partition coefficient (Wildman–Crippen LogP) is 1.91. The van der Waals surface area contributed by atoms with Crippen LogP contribution in [-0.2, 0) is 0 Å². The molecule has 0 fully saturated rings. The summed E-state index contributed by atoms with van der Waals surface area (Å²) in [5.74, 6) is 5.24. The Bertz CT molecular complexity index is 602. The van der Waals surface area contributed by atoms with E-state index < -0.39 is 0 Å². The molecule has 0 aliphatic carbocycles. The molecule has 104 valence electrons.